The third-order valence-electron chi connectivity index (χ3n) is 2.14. The molecular formula is C11H14O3. The second-order valence-corrected chi connectivity index (χ2v) is 3.25. The predicted molar refractivity (Wildman–Crippen MR) is 52.6 cm³/mol. The minimum Gasteiger partial charge on any atom is -0.458 e. The third-order valence-corrected chi connectivity index (χ3v) is 2.14. The third kappa shape index (κ3) is 2.55. The average Bonchev–Trinajstić information content (AvgIpc) is 2.44. The van der Waals surface area contributed by atoms with Crippen molar-refractivity contribution in [1.82, 2.24) is 0 Å². The Labute approximate surface area is 83.4 Å². The number of ether oxygens (including phenoxy) is 1. The minimum atomic E-state index is -0.379. The van der Waals surface area contributed by atoms with E-state index in [1.54, 1.807) is 6.08 Å². The molecule has 0 saturated carbocycles. The Hall–Kier alpha value is -1.38. The summed E-state index contributed by atoms with van der Waals surface area (Å²) in [4.78, 5) is 22.1. The number of hydrogen-bond donors (Lipinski definition) is 0. The van der Waals surface area contributed by atoms with Gasteiger partial charge in [-0.3, -0.25) is 9.59 Å². The number of ketones is 1. The maximum absolute atomic E-state index is 11.4. The highest BCUT2D eigenvalue weighted by Crippen LogP contribution is 2.22. The molecule has 0 aromatic rings. The highest BCUT2D eigenvalue weighted by Gasteiger charge is 2.31. The van der Waals surface area contributed by atoms with Crippen LogP contribution in [0.3, 0.4) is 0 Å². The first kappa shape index (κ1) is 10.7. The number of esters is 1. The van der Waals surface area contributed by atoms with E-state index in [2.05, 4.69) is 0 Å². The van der Waals surface area contributed by atoms with Crippen LogP contribution in [-0.2, 0) is 14.3 Å². The van der Waals surface area contributed by atoms with E-state index in [4.69, 9.17) is 4.74 Å². The van der Waals surface area contributed by atoms with Gasteiger partial charge in [-0.25, -0.2) is 0 Å². The van der Waals surface area contributed by atoms with Crippen LogP contribution in [-0.4, -0.2) is 17.9 Å². The van der Waals surface area contributed by atoms with Crippen LogP contribution in [0.1, 0.15) is 20.3 Å². The monoisotopic (exact) mass is 194 g/mol. The van der Waals surface area contributed by atoms with E-state index >= 15 is 0 Å². The van der Waals surface area contributed by atoms with Crippen molar-refractivity contribution in [2.24, 2.45) is 5.92 Å². The molecule has 0 heterocycles. The molecule has 0 bridgehead atoms. The molecule has 2 unspecified atom stereocenters. The number of carbonyl (C=O) groups is 2. The summed E-state index contributed by atoms with van der Waals surface area (Å²) in [5.74, 6) is -0.538. The van der Waals surface area contributed by atoms with Crippen LogP contribution in [0.2, 0.25) is 0 Å². The number of carbonyl (C=O) groups excluding carboxylic acids is 2. The zero-order valence-electron chi connectivity index (χ0n) is 8.40. The van der Waals surface area contributed by atoms with Gasteiger partial charge < -0.3 is 4.74 Å². The summed E-state index contributed by atoms with van der Waals surface area (Å²) < 4.78 is 5.01. The van der Waals surface area contributed by atoms with Crippen molar-refractivity contribution in [2.45, 2.75) is 26.4 Å². The highest BCUT2D eigenvalue weighted by atomic mass is 16.5. The van der Waals surface area contributed by atoms with Gasteiger partial charge in [0.25, 0.3) is 0 Å². The Balaban J connectivity index is 2.60. The van der Waals surface area contributed by atoms with Crippen molar-refractivity contribution >= 4 is 11.8 Å². The molecule has 0 aliphatic heterocycles. The van der Waals surface area contributed by atoms with E-state index in [0.717, 1.165) is 0 Å². The molecule has 0 N–H and O–H groups in total. The largest absolute Gasteiger partial charge is 0.458 e. The fourth-order valence-electron chi connectivity index (χ4n) is 1.46. The van der Waals surface area contributed by atoms with Crippen molar-refractivity contribution in [3.63, 3.8) is 0 Å². The normalized spacial score (nSPS) is 26.0. The lowest BCUT2D eigenvalue weighted by Gasteiger charge is -2.15. The molecule has 0 fully saturated rings. The van der Waals surface area contributed by atoms with Crippen LogP contribution >= 0.6 is 0 Å². The van der Waals surface area contributed by atoms with Gasteiger partial charge in [0.2, 0.25) is 0 Å². The van der Waals surface area contributed by atoms with Crippen molar-refractivity contribution in [3.8, 4) is 0 Å². The number of rotatable bonds is 3. The van der Waals surface area contributed by atoms with Crippen LogP contribution < -0.4 is 0 Å². The highest BCUT2D eigenvalue weighted by molar-refractivity contribution is 5.95. The van der Waals surface area contributed by atoms with Crippen LogP contribution in [0.5, 0.6) is 0 Å². The van der Waals surface area contributed by atoms with Gasteiger partial charge in [0.1, 0.15) is 6.10 Å². The van der Waals surface area contributed by atoms with E-state index in [-0.39, 0.29) is 23.8 Å². The summed E-state index contributed by atoms with van der Waals surface area (Å²) in [6.45, 7) is 3.25. The fourth-order valence-corrected chi connectivity index (χ4v) is 1.46. The first-order valence-corrected chi connectivity index (χ1v) is 4.65. The molecule has 0 radical (unpaired) electrons. The number of hydrogen-bond acceptors (Lipinski definition) is 3. The molecule has 1 aliphatic rings. The molecule has 0 aromatic carbocycles. The first-order chi connectivity index (χ1) is 6.65. The Morgan fingerprint density at radius 1 is 1.64 bits per heavy atom. The van der Waals surface area contributed by atoms with Crippen molar-refractivity contribution in [2.75, 3.05) is 0 Å². The molecule has 0 aromatic heterocycles. The Bertz CT molecular complexity index is 289. The van der Waals surface area contributed by atoms with Crippen molar-refractivity contribution in [3.05, 3.63) is 24.3 Å². The summed E-state index contributed by atoms with van der Waals surface area (Å²) >= 11 is 0. The average molecular weight is 194 g/mol. The molecule has 0 amide bonds. The summed E-state index contributed by atoms with van der Waals surface area (Å²) in [5.41, 5.74) is 0. The van der Waals surface area contributed by atoms with E-state index in [0.29, 0.717) is 6.42 Å². The smallest absolute Gasteiger partial charge is 0.303 e. The summed E-state index contributed by atoms with van der Waals surface area (Å²) in [5, 5.41) is 0. The molecule has 3 nitrogen and oxygen atoms in total. The lowest BCUT2D eigenvalue weighted by molar-refractivity contribution is -0.146. The molecule has 1 aliphatic carbocycles. The molecule has 14 heavy (non-hydrogen) atoms. The SMILES string of the molecule is CC=CCC1C(=O)C=CC1OC(C)=O. The van der Waals surface area contributed by atoms with Crippen LogP contribution in [0.4, 0.5) is 0 Å². The topological polar surface area (TPSA) is 43.4 Å². The Morgan fingerprint density at radius 2 is 2.36 bits per heavy atom. The standard InChI is InChI=1S/C11H14O3/c1-3-4-5-9-10(13)6-7-11(9)14-8(2)12/h3-4,6-7,9,11H,5H2,1-2H3. The zero-order valence-corrected chi connectivity index (χ0v) is 8.40. The Kier molecular flexibility index (Phi) is 3.63. The van der Waals surface area contributed by atoms with Gasteiger partial charge in [-0.2, -0.15) is 0 Å². The minimum absolute atomic E-state index is 0.0364. The lowest BCUT2D eigenvalue weighted by atomic mass is 9.99. The van der Waals surface area contributed by atoms with Crippen LogP contribution in [0, 0.1) is 5.92 Å². The predicted octanol–water partition coefficient (Wildman–Crippen LogP) is 1.64. The second-order valence-electron chi connectivity index (χ2n) is 3.25. The van der Waals surface area contributed by atoms with Gasteiger partial charge >= 0.3 is 5.97 Å². The van der Waals surface area contributed by atoms with Crippen molar-refractivity contribution in [1.29, 1.82) is 0 Å². The summed E-state index contributed by atoms with van der Waals surface area (Å²) in [6.07, 6.45) is 7.18. The second kappa shape index (κ2) is 4.74. The molecular weight excluding hydrogens is 180 g/mol. The molecule has 3 heteroatoms. The maximum atomic E-state index is 11.4. The van der Waals surface area contributed by atoms with E-state index in [9.17, 15) is 9.59 Å². The van der Waals surface area contributed by atoms with E-state index < -0.39 is 0 Å². The molecule has 1 rings (SSSR count). The van der Waals surface area contributed by atoms with Gasteiger partial charge in [0.05, 0.1) is 5.92 Å². The van der Waals surface area contributed by atoms with Crippen LogP contribution in [0.25, 0.3) is 0 Å². The summed E-state index contributed by atoms with van der Waals surface area (Å²) in [7, 11) is 0. The Morgan fingerprint density at radius 3 is 2.93 bits per heavy atom. The van der Waals surface area contributed by atoms with Gasteiger partial charge in [-0.15, -0.1) is 0 Å². The summed E-state index contributed by atoms with van der Waals surface area (Å²) in [6, 6.07) is 0. The molecule has 0 spiro atoms. The number of allylic oxidation sites excluding steroid dienone is 3. The maximum Gasteiger partial charge on any atom is 0.303 e. The molecule has 76 valence electrons. The van der Waals surface area contributed by atoms with Gasteiger partial charge in [0.15, 0.2) is 5.78 Å². The van der Waals surface area contributed by atoms with Gasteiger partial charge in [-0.05, 0) is 25.5 Å². The van der Waals surface area contributed by atoms with Gasteiger partial charge in [0, 0.05) is 6.92 Å². The van der Waals surface area contributed by atoms with Crippen molar-refractivity contribution < 1.29 is 14.3 Å². The molecule has 2 atom stereocenters. The van der Waals surface area contributed by atoms with E-state index in [1.807, 2.05) is 19.1 Å². The molecule has 0 saturated heterocycles. The zero-order chi connectivity index (χ0) is 10.6. The fraction of sp³-hybridized carbons (Fsp3) is 0.455. The first-order valence-electron chi connectivity index (χ1n) is 4.65. The van der Waals surface area contributed by atoms with Gasteiger partial charge in [-0.1, -0.05) is 12.2 Å². The quantitative estimate of drug-likeness (QED) is 0.506. The lowest BCUT2D eigenvalue weighted by Crippen LogP contribution is -2.24. The van der Waals surface area contributed by atoms with E-state index in [1.165, 1.54) is 13.0 Å². The van der Waals surface area contributed by atoms with Crippen LogP contribution in [0.15, 0.2) is 24.3 Å².